The summed E-state index contributed by atoms with van der Waals surface area (Å²) in [6.07, 6.45) is 3.89. The zero-order valence-corrected chi connectivity index (χ0v) is 11.0. The number of rotatable bonds is 8. The number of carboxylic acid groups (broad SMARTS) is 1. The topological polar surface area (TPSA) is 66.4 Å². The van der Waals surface area contributed by atoms with Crippen molar-refractivity contribution in [1.29, 1.82) is 0 Å². The van der Waals surface area contributed by atoms with E-state index in [-0.39, 0.29) is 11.8 Å². The molecule has 0 aromatic heterocycles. The molecule has 1 atom stereocenters. The number of hydrogen-bond acceptors (Lipinski definition) is 3. The molecule has 1 unspecified atom stereocenters. The molecule has 0 saturated carbocycles. The Morgan fingerprint density at radius 3 is 2.25 bits per heavy atom. The summed E-state index contributed by atoms with van der Waals surface area (Å²) in [6.45, 7) is 3.87. The van der Waals surface area contributed by atoms with Gasteiger partial charge in [-0.2, -0.15) is 11.8 Å². The number of carbonyl (C=O) groups is 2. The molecular formula is C11H21NO3S. The van der Waals surface area contributed by atoms with Gasteiger partial charge in [0.2, 0.25) is 5.91 Å². The van der Waals surface area contributed by atoms with Crippen LogP contribution in [0.15, 0.2) is 0 Å². The van der Waals surface area contributed by atoms with E-state index >= 15 is 0 Å². The highest BCUT2D eigenvalue weighted by Crippen LogP contribution is 2.09. The average Bonchev–Trinajstić information content (AvgIpc) is 2.25. The zero-order chi connectivity index (χ0) is 12.6. The van der Waals surface area contributed by atoms with E-state index < -0.39 is 12.0 Å². The van der Waals surface area contributed by atoms with E-state index in [0.717, 1.165) is 18.6 Å². The maximum atomic E-state index is 11.7. The van der Waals surface area contributed by atoms with Gasteiger partial charge < -0.3 is 10.4 Å². The molecule has 0 aliphatic heterocycles. The van der Waals surface area contributed by atoms with Crippen molar-refractivity contribution in [3.05, 3.63) is 0 Å². The third kappa shape index (κ3) is 5.39. The SMILES string of the molecule is CCC(CC)C(=O)NC(CCSC)C(=O)O. The molecule has 0 fully saturated rings. The number of amides is 1. The molecule has 16 heavy (non-hydrogen) atoms. The fraction of sp³-hybridized carbons (Fsp3) is 0.818. The fourth-order valence-electron chi connectivity index (χ4n) is 1.44. The van der Waals surface area contributed by atoms with E-state index in [9.17, 15) is 9.59 Å². The molecular weight excluding hydrogens is 226 g/mol. The van der Waals surface area contributed by atoms with E-state index in [4.69, 9.17) is 5.11 Å². The monoisotopic (exact) mass is 247 g/mol. The maximum absolute atomic E-state index is 11.7. The summed E-state index contributed by atoms with van der Waals surface area (Å²) >= 11 is 1.58. The van der Waals surface area contributed by atoms with Crippen LogP contribution in [0.2, 0.25) is 0 Å². The third-order valence-corrected chi connectivity index (χ3v) is 3.23. The van der Waals surface area contributed by atoms with E-state index in [2.05, 4.69) is 5.32 Å². The van der Waals surface area contributed by atoms with Gasteiger partial charge in [-0.1, -0.05) is 13.8 Å². The number of aliphatic carboxylic acids is 1. The molecule has 0 rings (SSSR count). The van der Waals surface area contributed by atoms with Gasteiger partial charge in [0, 0.05) is 5.92 Å². The molecule has 0 bridgehead atoms. The second kappa shape index (κ2) is 8.44. The molecule has 2 N–H and O–H groups in total. The van der Waals surface area contributed by atoms with Crippen LogP contribution in [0.1, 0.15) is 33.1 Å². The van der Waals surface area contributed by atoms with Crippen molar-refractivity contribution < 1.29 is 14.7 Å². The van der Waals surface area contributed by atoms with Gasteiger partial charge in [-0.25, -0.2) is 4.79 Å². The Morgan fingerprint density at radius 1 is 1.31 bits per heavy atom. The quantitative estimate of drug-likeness (QED) is 0.685. The lowest BCUT2D eigenvalue weighted by atomic mass is 10.0. The highest BCUT2D eigenvalue weighted by Gasteiger charge is 2.22. The highest BCUT2D eigenvalue weighted by molar-refractivity contribution is 7.98. The Morgan fingerprint density at radius 2 is 1.88 bits per heavy atom. The molecule has 4 nitrogen and oxygen atoms in total. The second-order valence-corrected chi connectivity index (χ2v) is 4.68. The molecule has 0 aromatic rings. The lowest BCUT2D eigenvalue weighted by molar-refractivity contribution is -0.142. The van der Waals surface area contributed by atoms with Crippen molar-refractivity contribution in [2.45, 2.75) is 39.2 Å². The molecule has 0 aliphatic carbocycles. The molecule has 94 valence electrons. The van der Waals surface area contributed by atoms with Crippen LogP contribution < -0.4 is 5.32 Å². The molecule has 0 radical (unpaired) electrons. The Bertz CT molecular complexity index is 229. The summed E-state index contributed by atoms with van der Waals surface area (Å²) in [5.41, 5.74) is 0. The molecule has 1 amide bonds. The number of carbonyl (C=O) groups excluding carboxylic acids is 1. The Kier molecular flexibility index (Phi) is 8.07. The summed E-state index contributed by atoms with van der Waals surface area (Å²) < 4.78 is 0. The molecule has 0 aliphatic rings. The summed E-state index contributed by atoms with van der Waals surface area (Å²) in [5.74, 6) is -0.428. The normalized spacial score (nSPS) is 12.5. The number of carboxylic acids is 1. The molecule has 0 aromatic carbocycles. The van der Waals surface area contributed by atoms with Gasteiger partial charge >= 0.3 is 5.97 Å². The van der Waals surface area contributed by atoms with Crippen molar-refractivity contribution in [3.63, 3.8) is 0 Å². The first-order valence-electron chi connectivity index (χ1n) is 5.58. The van der Waals surface area contributed by atoms with Gasteiger partial charge in [0.05, 0.1) is 0 Å². The number of hydrogen-bond donors (Lipinski definition) is 2. The second-order valence-electron chi connectivity index (χ2n) is 3.69. The maximum Gasteiger partial charge on any atom is 0.326 e. The Labute approximate surface area is 101 Å². The van der Waals surface area contributed by atoms with Crippen molar-refractivity contribution in [1.82, 2.24) is 5.32 Å². The first kappa shape index (κ1) is 15.3. The van der Waals surface area contributed by atoms with Gasteiger partial charge in [-0.3, -0.25) is 4.79 Å². The smallest absolute Gasteiger partial charge is 0.326 e. The summed E-state index contributed by atoms with van der Waals surface area (Å²) in [6, 6.07) is -0.749. The van der Waals surface area contributed by atoms with Crippen LogP contribution in [0.3, 0.4) is 0 Å². The van der Waals surface area contributed by atoms with Crippen molar-refractivity contribution in [3.8, 4) is 0 Å². The van der Waals surface area contributed by atoms with Crippen LogP contribution in [0, 0.1) is 5.92 Å². The first-order valence-corrected chi connectivity index (χ1v) is 6.98. The minimum Gasteiger partial charge on any atom is -0.480 e. The largest absolute Gasteiger partial charge is 0.480 e. The van der Waals surface area contributed by atoms with Crippen LogP contribution in [-0.4, -0.2) is 35.0 Å². The lowest BCUT2D eigenvalue weighted by Gasteiger charge is -2.18. The van der Waals surface area contributed by atoms with Gasteiger partial charge in [0.25, 0.3) is 0 Å². The van der Waals surface area contributed by atoms with Crippen molar-refractivity contribution in [2.75, 3.05) is 12.0 Å². The van der Waals surface area contributed by atoms with Crippen molar-refractivity contribution in [2.24, 2.45) is 5.92 Å². The van der Waals surface area contributed by atoms with E-state index in [1.165, 1.54) is 0 Å². The summed E-state index contributed by atoms with van der Waals surface area (Å²) in [5, 5.41) is 11.6. The summed E-state index contributed by atoms with van der Waals surface area (Å²) in [4.78, 5) is 22.6. The Hall–Kier alpha value is -0.710. The van der Waals surface area contributed by atoms with E-state index in [0.29, 0.717) is 6.42 Å². The van der Waals surface area contributed by atoms with Crippen LogP contribution in [0.25, 0.3) is 0 Å². The van der Waals surface area contributed by atoms with Gasteiger partial charge in [0.1, 0.15) is 6.04 Å². The first-order chi connectivity index (χ1) is 7.56. The van der Waals surface area contributed by atoms with E-state index in [1.807, 2.05) is 20.1 Å². The standard InChI is InChI=1S/C11H21NO3S/c1-4-8(5-2)10(13)12-9(11(14)15)6-7-16-3/h8-9H,4-7H2,1-3H3,(H,12,13)(H,14,15). The van der Waals surface area contributed by atoms with Crippen LogP contribution in [-0.2, 0) is 9.59 Å². The minimum atomic E-state index is -0.951. The van der Waals surface area contributed by atoms with E-state index in [1.54, 1.807) is 11.8 Å². The molecule has 0 saturated heterocycles. The zero-order valence-electron chi connectivity index (χ0n) is 10.2. The molecule has 0 spiro atoms. The highest BCUT2D eigenvalue weighted by atomic mass is 32.2. The average molecular weight is 247 g/mol. The number of nitrogens with one attached hydrogen (secondary N) is 1. The van der Waals surface area contributed by atoms with Gasteiger partial charge in [0.15, 0.2) is 0 Å². The van der Waals surface area contributed by atoms with Gasteiger partial charge in [-0.05, 0) is 31.3 Å². The van der Waals surface area contributed by atoms with Crippen LogP contribution in [0.4, 0.5) is 0 Å². The third-order valence-electron chi connectivity index (χ3n) is 2.58. The Balaban J connectivity index is 4.27. The molecule has 5 heteroatoms. The lowest BCUT2D eigenvalue weighted by Crippen LogP contribution is -2.43. The van der Waals surface area contributed by atoms with Crippen molar-refractivity contribution >= 4 is 23.6 Å². The predicted molar refractivity (Wildman–Crippen MR) is 66.6 cm³/mol. The summed E-state index contributed by atoms with van der Waals surface area (Å²) in [7, 11) is 0. The predicted octanol–water partition coefficient (Wildman–Crippen LogP) is 1.75. The van der Waals surface area contributed by atoms with Gasteiger partial charge in [-0.15, -0.1) is 0 Å². The van der Waals surface area contributed by atoms with Crippen LogP contribution >= 0.6 is 11.8 Å². The number of thioether (sulfide) groups is 1. The minimum absolute atomic E-state index is 0.0730. The molecule has 0 heterocycles. The van der Waals surface area contributed by atoms with Crippen LogP contribution in [0.5, 0.6) is 0 Å². The fourth-order valence-corrected chi connectivity index (χ4v) is 1.91.